The Bertz CT molecular complexity index is 518. The number of fused-ring (bicyclic) bond motifs is 1. The van der Waals surface area contributed by atoms with E-state index in [1.807, 2.05) is 30.3 Å². The summed E-state index contributed by atoms with van der Waals surface area (Å²) in [5.41, 5.74) is 2.40. The molecule has 0 saturated carbocycles. The molecular weight excluding hydrogens is 285 g/mol. The predicted molar refractivity (Wildman–Crippen MR) is 66.8 cm³/mol. The molecule has 80 valence electrons. The molecule has 1 unspecified atom stereocenters. The van der Waals surface area contributed by atoms with Crippen molar-refractivity contribution in [1.29, 1.82) is 0 Å². The molecule has 3 rings (SSSR count). The first kappa shape index (κ1) is 10.4. The SMILES string of the molecule is [O-][S+]1N[Se]c2c(-c3ccccc3)cccc21. The quantitative estimate of drug-likeness (QED) is 0.634. The zero-order valence-corrected chi connectivity index (χ0v) is 10.9. The molecular formula is C12H9NOSSe. The maximum atomic E-state index is 11.7. The molecule has 2 aromatic carbocycles. The van der Waals surface area contributed by atoms with Crippen molar-refractivity contribution in [3.05, 3.63) is 48.5 Å². The Morgan fingerprint density at radius 3 is 2.62 bits per heavy atom. The Kier molecular flexibility index (Phi) is 2.75. The van der Waals surface area contributed by atoms with Crippen LogP contribution in [0.15, 0.2) is 53.4 Å². The van der Waals surface area contributed by atoms with Crippen molar-refractivity contribution in [1.82, 2.24) is 3.74 Å². The number of rotatable bonds is 1. The van der Waals surface area contributed by atoms with Crippen molar-refractivity contribution in [2.24, 2.45) is 0 Å². The van der Waals surface area contributed by atoms with Crippen LogP contribution < -0.4 is 8.20 Å². The second-order valence-electron chi connectivity index (χ2n) is 3.45. The number of nitrogens with one attached hydrogen (secondary N) is 1. The molecule has 1 atom stereocenters. The molecule has 0 saturated heterocycles. The van der Waals surface area contributed by atoms with Crippen LogP contribution in [0.5, 0.6) is 0 Å². The summed E-state index contributed by atoms with van der Waals surface area (Å²) in [7, 11) is 0. The van der Waals surface area contributed by atoms with Gasteiger partial charge in [0.1, 0.15) is 0 Å². The van der Waals surface area contributed by atoms with Gasteiger partial charge >= 0.3 is 104 Å². The summed E-state index contributed by atoms with van der Waals surface area (Å²) in [6.07, 6.45) is 0. The Labute approximate surface area is 104 Å². The van der Waals surface area contributed by atoms with E-state index in [1.165, 1.54) is 15.6 Å². The molecule has 1 heterocycles. The first-order valence-corrected chi connectivity index (χ1v) is 7.75. The van der Waals surface area contributed by atoms with Crippen LogP contribution >= 0.6 is 0 Å². The normalized spacial score (nSPS) is 18.4. The summed E-state index contributed by atoms with van der Waals surface area (Å²) in [6.45, 7) is 0. The molecule has 1 N–H and O–H groups in total. The fourth-order valence-corrected chi connectivity index (χ4v) is 5.70. The Hall–Kier alpha value is -0.771. The average Bonchev–Trinajstić information content (AvgIpc) is 2.73. The molecule has 0 aromatic heterocycles. The maximum absolute atomic E-state index is 11.7. The van der Waals surface area contributed by atoms with Gasteiger partial charge in [0.15, 0.2) is 0 Å². The summed E-state index contributed by atoms with van der Waals surface area (Å²) in [5.74, 6) is 0. The molecule has 16 heavy (non-hydrogen) atoms. The molecule has 2 aromatic rings. The zero-order chi connectivity index (χ0) is 11.0. The van der Waals surface area contributed by atoms with Gasteiger partial charge in [-0.1, -0.05) is 0 Å². The minimum atomic E-state index is -1.00. The molecule has 2 nitrogen and oxygen atoms in total. The van der Waals surface area contributed by atoms with Gasteiger partial charge in [-0.05, 0) is 0 Å². The van der Waals surface area contributed by atoms with Crippen molar-refractivity contribution < 1.29 is 4.55 Å². The Morgan fingerprint density at radius 2 is 1.81 bits per heavy atom. The van der Waals surface area contributed by atoms with Gasteiger partial charge in [-0.25, -0.2) is 0 Å². The van der Waals surface area contributed by atoms with E-state index >= 15 is 0 Å². The van der Waals surface area contributed by atoms with E-state index in [0.29, 0.717) is 0 Å². The third kappa shape index (κ3) is 1.69. The second kappa shape index (κ2) is 4.24. The zero-order valence-electron chi connectivity index (χ0n) is 8.34. The predicted octanol–water partition coefficient (Wildman–Crippen LogP) is 1.22. The van der Waals surface area contributed by atoms with E-state index in [4.69, 9.17) is 0 Å². The molecule has 4 heteroatoms. The first-order chi connectivity index (χ1) is 7.86. The monoisotopic (exact) mass is 295 g/mol. The van der Waals surface area contributed by atoms with E-state index in [-0.39, 0.29) is 15.2 Å². The molecule has 0 fully saturated rings. The van der Waals surface area contributed by atoms with Gasteiger partial charge in [0, 0.05) is 0 Å². The fraction of sp³-hybridized carbons (Fsp3) is 0. The van der Waals surface area contributed by atoms with E-state index in [9.17, 15) is 4.55 Å². The van der Waals surface area contributed by atoms with Crippen LogP contribution in [0.4, 0.5) is 0 Å². The van der Waals surface area contributed by atoms with Crippen molar-refractivity contribution in [2.75, 3.05) is 0 Å². The number of benzene rings is 2. The first-order valence-electron chi connectivity index (χ1n) is 4.89. The molecule has 0 amide bonds. The van der Waals surface area contributed by atoms with Crippen molar-refractivity contribution >= 4 is 31.0 Å². The van der Waals surface area contributed by atoms with Gasteiger partial charge in [0.25, 0.3) is 0 Å². The van der Waals surface area contributed by atoms with Gasteiger partial charge in [0.2, 0.25) is 0 Å². The minimum absolute atomic E-state index is 0.118. The van der Waals surface area contributed by atoms with Crippen molar-refractivity contribution in [3.8, 4) is 11.1 Å². The van der Waals surface area contributed by atoms with Gasteiger partial charge in [-0.2, -0.15) is 0 Å². The van der Waals surface area contributed by atoms with Crippen LogP contribution in [-0.2, 0) is 11.4 Å². The van der Waals surface area contributed by atoms with E-state index < -0.39 is 11.4 Å². The Morgan fingerprint density at radius 1 is 1.00 bits per heavy atom. The van der Waals surface area contributed by atoms with Crippen LogP contribution in [0.25, 0.3) is 11.1 Å². The summed E-state index contributed by atoms with van der Waals surface area (Å²) in [6, 6.07) is 16.3. The van der Waals surface area contributed by atoms with Gasteiger partial charge in [-0.15, -0.1) is 0 Å². The van der Waals surface area contributed by atoms with Crippen LogP contribution in [0, 0.1) is 0 Å². The standard InChI is InChI=1S/C12H9NOSSe/c14-15-11-8-4-7-10(12(11)16-13-15)9-5-2-1-3-6-9/h1-8,13H. The third-order valence-corrected chi connectivity index (χ3v) is 6.58. The second-order valence-corrected chi connectivity index (χ2v) is 6.93. The van der Waals surface area contributed by atoms with E-state index in [2.05, 4.69) is 21.9 Å². The summed E-state index contributed by atoms with van der Waals surface area (Å²) < 4.78 is 15.9. The molecule has 0 spiro atoms. The fourth-order valence-electron chi connectivity index (χ4n) is 1.74. The van der Waals surface area contributed by atoms with Crippen LogP contribution in [0.2, 0.25) is 0 Å². The third-order valence-electron chi connectivity index (χ3n) is 2.48. The van der Waals surface area contributed by atoms with Crippen LogP contribution in [0.3, 0.4) is 0 Å². The molecule has 0 radical (unpaired) electrons. The van der Waals surface area contributed by atoms with Crippen LogP contribution in [0.1, 0.15) is 0 Å². The van der Waals surface area contributed by atoms with E-state index in [0.717, 1.165) is 4.90 Å². The Balaban J connectivity index is 2.17. The van der Waals surface area contributed by atoms with Gasteiger partial charge in [-0.3, -0.25) is 0 Å². The van der Waals surface area contributed by atoms with E-state index in [1.54, 1.807) is 0 Å². The molecule has 0 aliphatic carbocycles. The summed E-state index contributed by atoms with van der Waals surface area (Å²) in [5, 5.41) is 0. The average molecular weight is 294 g/mol. The number of hydrogen-bond acceptors (Lipinski definition) is 2. The van der Waals surface area contributed by atoms with Crippen molar-refractivity contribution in [2.45, 2.75) is 4.90 Å². The van der Waals surface area contributed by atoms with Crippen molar-refractivity contribution in [3.63, 3.8) is 0 Å². The summed E-state index contributed by atoms with van der Waals surface area (Å²) >= 11 is -0.886. The number of hydrogen-bond donors (Lipinski definition) is 1. The van der Waals surface area contributed by atoms with Gasteiger partial charge < -0.3 is 0 Å². The topological polar surface area (TPSA) is 35.1 Å². The van der Waals surface area contributed by atoms with Gasteiger partial charge in [0.05, 0.1) is 0 Å². The summed E-state index contributed by atoms with van der Waals surface area (Å²) in [4.78, 5) is 0.946. The molecule has 1 aliphatic rings. The molecule has 0 bridgehead atoms. The van der Waals surface area contributed by atoms with Crippen LogP contribution in [-0.4, -0.2) is 19.7 Å². The molecule has 1 aliphatic heterocycles.